The summed E-state index contributed by atoms with van der Waals surface area (Å²) in [6, 6.07) is 9.38. The topological polar surface area (TPSA) is 58.6 Å². The standard InChI is InChI=1S/C15H21NO3/c17-15(18)14(13-6-2-1-3-7-13)10-16-9-12-5-4-8-19-11-12/h1-3,6-7,12,14,16H,4-5,8-11H2,(H,17,18). The van der Waals surface area contributed by atoms with Gasteiger partial charge < -0.3 is 15.2 Å². The van der Waals surface area contributed by atoms with E-state index in [0.29, 0.717) is 12.5 Å². The van der Waals surface area contributed by atoms with Crippen molar-refractivity contribution < 1.29 is 14.6 Å². The minimum absolute atomic E-state index is 0.468. The van der Waals surface area contributed by atoms with Crippen molar-refractivity contribution >= 4 is 5.97 Å². The monoisotopic (exact) mass is 263 g/mol. The third-order valence-corrected chi connectivity index (χ3v) is 3.54. The van der Waals surface area contributed by atoms with Crippen LogP contribution in [0.4, 0.5) is 0 Å². The molecule has 1 aromatic carbocycles. The third kappa shape index (κ3) is 4.33. The lowest BCUT2D eigenvalue weighted by molar-refractivity contribution is -0.138. The molecule has 2 atom stereocenters. The summed E-state index contributed by atoms with van der Waals surface area (Å²) in [6.07, 6.45) is 2.27. The number of hydrogen-bond acceptors (Lipinski definition) is 3. The van der Waals surface area contributed by atoms with E-state index in [1.807, 2.05) is 30.3 Å². The van der Waals surface area contributed by atoms with Crippen LogP contribution in [-0.4, -0.2) is 37.4 Å². The van der Waals surface area contributed by atoms with Crippen LogP contribution in [0, 0.1) is 5.92 Å². The van der Waals surface area contributed by atoms with Gasteiger partial charge in [0.15, 0.2) is 0 Å². The van der Waals surface area contributed by atoms with Gasteiger partial charge in [-0.2, -0.15) is 0 Å². The lowest BCUT2D eigenvalue weighted by Gasteiger charge is -2.23. The fourth-order valence-corrected chi connectivity index (χ4v) is 2.43. The summed E-state index contributed by atoms with van der Waals surface area (Å²) in [5.41, 5.74) is 0.849. The first-order chi connectivity index (χ1) is 9.27. The number of carbonyl (C=O) groups is 1. The first kappa shape index (κ1) is 14.0. The average Bonchev–Trinajstić information content (AvgIpc) is 2.45. The minimum atomic E-state index is -0.779. The molecule has 1 aliphatic heterocycles. The Labute approximate surface area is 113 Å². The van der Waals surface area contributed by atoms with Gasteiger partial charge in [-0.15, -0.1) is 0 Å². The maximum Gasteiger partial charge on any atom is 0.312 e. The molecule has 1 aliphatic rings. The summed E-state index contributed by atoms with van der Waals surface area (Å²) in [5, 5.41) is 12.6. The fraction of sp³-hybridized carbons (Fsp3) is 0.533. The van der Waals surface area contributed by atoms with Gasteiger partial charge in [0.2, 0.25) is 0 Å². The van der Waals surface area contributed by atoms with E-state index in [0.717, 1.165) is 38.2 Å². The Morgan fingerprint density at radius 1 is 1.42 bits per heavy atom. The van der Waals surface area contributed by atoms with Gasteiger partial charge in [0.1, 0.15) is 0 Å². The van der Waals surface area contributed by atoms with E-state index >= 15 is 0 Å². The second kappa shape index (κ2) is 7.26. The van der Waals surface area contributed by atoms with E-state index in [4.69, 9.17) is 4.74 Å². The van der Waals surface area contributed by atoms with Crippen molar-refractivity contribution in [3.05, 3.63) is 35.9 Å². The van der Waals surface area contributed by atoms with Crippen LogP contribution in [0.25, 0.3) is 0 Å². The summed E-state index contributed by atoms with van der Waals surface area (Å²) < 4.78 is 5.42. The van der Waals surface area contributed by atoms with E-state index in [9.17, 15) is 9.90 Å². The van der Waals surface area contributed by atoms with Gasteiger partial charge in [-0.25, -0.2) is 0 Å². The Morgan fingerprint density at radius 2 is 2.21 bits per heavy atom. The van der Waals surface area contributed by atoms with Gasteiger partial charge in [0.05, 0.1) is 12.5 Å². The summed E-state index contributed by atoms with van der Waals surface area (Å²) >= 11 is 0. The number of nitrogens with one attached hydrogen (secondary N) is 1. The van der Waals surface area contributed by atoms with Crippen LogP contribution in [0.15, 0.2) is 30.3 Å². The maximum absolute atomic E-state index is 11.3. The van der Waals surface area contributed by atoms with Crippen molar-refractivity contribution in [3.63, 3.8) is 0 Å². The molecule has 2 unspecified atom stereocenters. The van der Waals surface area contributed by atoms with Crippen molar-refractivity contribution in [1.29, 1.82) is 0 Å². The number of carboxylic acids is 1. The number of aliphatic carboxylic acids is 1. The first-order valence-electron chi connectivity index (χ1n) is 6.83. The van der Waals surface area contributed by atoms with Crippen LogP contribution in [0.1, 0.15) is 24.3 Å². The van der Waals surface area contributed by atoms with Crippen LogP contribution < -0.4 is 5.32 Å². The molecule has 1 heterocycles. The molecule has 0 aromatic heterocycles. The summed E-state index contributed by atoms with van der Waals surface area (Å²) in [7, 11) is 0. The predicted octanol–water partition coefficient (Wildman–Crippen LogP) is 1.87. The van der Waals surface area contributed by atoms with Crippen LogP contribution in [0.2, 0.25) is 0 Å². The lowest BCUT2D eigenvalue weighted by Crippen LogP contribution is -2.33. The first-order valence-corrected chi connectivity index (χ1v) is 6.83. The minimum Gasteiger partial charge on any atom is -0.481 e. The molecule has 1 fully saturated rings. The Morgan fingerprint density at radius 3 is 2.84 bits per heavy atom. The Hall–Kier alpha value is -1.39. The van der Waals surface area contributed by atoms with E-state index in [2.05, 4.69) is 5.32 Å². The normalized spacial score (nSPS) is 20.9. The van der Waals surface area contributed by atoms with Crippen molar-refractivity contribution in [2.24, 2.45) is 5.92 Å². The lowest BCUT2D eigenvalue weighted by atomic mass is 9.98. The predicted molar refractivity (Wildman–Crippen MR) is 73.2 cm³/mol. The van der Waals surface area contributed by atoms with Gasteiger partial charge in [-0.05, 0) is 24.3 Å². The maximum atomic E-state index is 11.3. The van der Waals surface area contributed by atoms with Gasteiger partial charge in [0, 0.05) is 19.7 Å². The number of rotatable bonds is 6. The Bertz CT molecular complexity index is 388. The van der Waals surface area contributed by atoms with Gasteiger partial charge in [0.25, 0.3) is 0 Å². The van der Waals surface area contributed by atoms with E-state index in [1.54, 1.807) is 0 Å². The quantitative estimate of drug-likeness (QED) is 0.822. The van der Waals surface area contributed by atoms with Gasteiger partial charge in [-0.1, -0.05) is 30.3 Å². The Kier molecular flexibility index (Phi) is 5.36. The van der Waals surface area contributed by atoms with Crippen LogP contribution >= 0.6 is 0 Å². The van der Waals surface area contributed by atoms with E-state index in [1.165, 1.54) is 0 Å². The second-order valence-corrected chi connectivity index (χ2v) is 5.04. The van der Waals surface area contributed by atoms with Crippen LogP contribution in [0.5, 0.6) is 0 Å². The molecule has 104 valence electrons. The molecule has 0 bridgehead atoms. The SMILES string of the molecule is O=C(O)C(CNCC1CCCOC1)c1ccccc1. The van der Waals surface area contributed by atoms with Crippen molar-refractivity contribution in [2.45, 2.75) is 18.8 Å². The highest BCUT2D eigenvalue weighted by Gasteiger charge is 2.20. The molecule has 1 saturated heterocycles. The molecule has 4 heteroatoms. The number of benzene rings is 1. The van der Waals surface area contributed by atoms with Gasteiger partial charge >= 0.3 is 5.97 Å². The smallest absolute Gasteiger partial charge is 0.312 e. The molecular formula is C15H21NO3. The molecule has 4 nitrogen and oxygen atoms in total. The molecule has 1 aromatic rings. The van der Waals surface area contributed by atoms with Crippen molar-refractivity contribution in [1.82, 2.24) is 5.32 Å². The number of hydrogen-bond donors (Lipinski definition) is 2. The second-order valence-electron chi connectivity index (χ2n) is 5.04. The number of carboxylic acid groups (broad SMARTS) is 1. The Balaban J connectivity index is 1.82. The highest BCUT2D eigenvalue weighted by molar-refractivity contribution is 5.76. The van der Waals surface area contributed by atoms with E-state index < -0.39 is 11.9 Å². The highest BCUT2D eigenvalue weighted by atomic mass is 16.5. The molecule has 0 radical (unpaired) electrons. The fourth-order valence-electron chi connectivity index (χ4n) is 2.43. The van der Waals surface area contributed by atoms with Crippen molar-refractivity contribution in [2.75, 3.05) is 26.3 Å². The van der Waals surface area contributed by atoms with Crippen LogP contribution in [-0.2, 0) is 9.53 Å². The zero-order chi connectivity index (χ0) is 13.5. The molecule has 0 aliphatic carbocycles. The molecule has 2 N–H and O–H groups in total. The zero-order valence-corrected chi connectivity index (χ0v) is 11.0. The van der Waals surface area contributed by atoms with Gasteiger partial charge in [-0.3, -0.25) is 4.79 Å². The molecular weight excluding hydrogens is 242 g/mol. The van der Waals surface area contributed by atoms with Crippen LogP contribution in [0.3, 0.4) is 0 Å². The summed E-state index contributed by atoms with van der Waals surface area (Å²) in [4.78, 5) is 11.3. The highest BCUT2D eigenvalue weighted by Crippen LogP contribution is 2.16. The molecule has 2 rings (SSSR count). The number of ether oxygens (including phenoxy) is 1. The zero-order valence-electron chi connectivity index (χ0n) is 11.0. The average molecular weight is 263 g/mol. The molecule has 19 heavy (non-hydrogen) atoms. The summed E-state index contributed by atoms with van der Waals surface area (Å²) in [5.74, 6) is -0.747. The molecule has 0 saturated carbocycles. The molecule has 0 spiro atoms. The summed E-state index contributed by atoms with van der Waals surface area (Å²) in [6.45, 7) is 2.95. The third-order valence-electron chi connectivity index (χ3n) is 3.54. The molecule has 0 amide bonds. The van der Waals surface area contributed by atoms with E-state index in [-0.39, 0.29) is 0 Å². The van der Waals surface area contributed by atoms with Crippen molar-refractivity contribution in [3.8, 4) is 0 Å². The largest absolute Gasteiger partial charge is 0.481 e.